The quantitative estimate of drug-likeness (QED) is 0.677. The minimum atomic E-state index is 0.0928. The summed E-state index contributed by atoms with van der Waals surface area (Å²) in [7, 11) is 0. The fraction of sp³-hybridized carbons (Fsp3) is 0.182. The molecule has 0 aromatic heterocycles. The molecule has 1 aliphatic rings. The molecule has 66 valence electrons. The van der Waals surface area contributed by atoms with Gasteiger partial charge in [-0.1, -0.05) is 30.3 Å². The van der Waals surface area contributed by atoms with Gasteiger partial charge in [-0.3, -0.25) is 4.79 Å². The van der Waals surface area contributed by atoms with Crippen molar-refractivity contribution < 1.29 is 4.79 Å². The van der Waals surface area contributed by atoms with Gasteiger partial charge >= 0.3 is 0 Å². The molecule has 1 aromatic rings. The van der Waals surface area contributed by atoms with Crippen LogP contribution in [-0.4, -0.2) is 11.0 Å². The van der Waals surface area contributed by atoms with Gasteiger partial charge < -0.3 is 0 Å². The van der Waals surface area contributed by atoms with Gasteiger partial charge in [0.15, 0.2) is 5.78 Å². The Morgan fingerprint density at radius 2 is 1.92 bits per heavy atom. The fourth-order valence-electron chi connectivity index (χ4n) is 1.28. The summed E-state index contributed by atoms with van der Waals surface area (Å²) in [6.07, 6.45) is 1.74. The average molecular weight is 190 g/mol. The van der Waals surface area contributed by atoms with E-state index in [0.717, 1.165) is 10.5 Å². The molecule has 1 aromatic carbocycles. The van der Waals surface area contributed by atoms with Crippen LogP contribution in [0, 0.1) is 0 Å². The largest absolute Gasteiger partial charge is 0.294 e. The highest BCUT2D eigenvalue weighted by Gasteiger charge is 2.22. The standard InChI is InChI=1S/C11H10OS/c1-8-10(12)7-11(13-8)9-5-3-2-4-6-9/h2-8H,1H3. The number of carbonyl (C=O) groups is 1. The average Bonchev–Trinajstić information content (AvgIpc) is 2.49. The van der Waals surface area contributed by atoms with Crippen LogP contribution in [-0.2, 0) is 4.79 Å². The van der Waals surface area contributed by atoms with E-state index < -0.39 is 0 Å². The van der Waals surface area contributed by atoms with E-state index in [4.69, 9.17) is 0 Å². The van der Waals surface area contributed by atoms with Crippen molar-refractivity contribution in [2.24, 2.45) is 0 Å². The maximum atomic E-state index is 11.3. The topological polar surface area (TPSA) is 17.1 Å². The smallest absolute Gasteiger partial charge is 0.169 e. The van der Waals surface area contributed by atoms with E-state index >= 15 is 0 Å². The second-order valence-electron chi connectivity index (χ2n) is 3.04. The number of hydrogen-bond donors (Lipinski definition) is 0. The van der Waals surface area contributed by atoms with Gasteiger partial charge in [-0.25, -0.2) is 0 Å². The highest BCUT2D eigenvalue weighted by Crippen LogP contribution is 2.36. The summed E-state index contributed by atoms with van der Waals surface area (Å²) in [5, 5.41) is 0.0928. The van der Waals surface area contributed by atoms with Gasteiger partial charge in [0.05, 0.1) is 5.25 Å². The molecule has 0 aliphatic carbocycles. The Balaban J connectivity index is 2.30. The first-order chi connectivity index (χ1) is 6.27. The van der Waals surface area contributed by atoms with Crippen LogP contribution in [0.2, 0.25) is 0 Å². The van der Waals surface area contributed by atoms with Crippen LogP contribution in [0.15, 0.2) is 36.4 Å². The van der Waals surface area contributed by atoms with Crippen LogP contribution in [0.25, 0.3) is 4.91 Å². The summed E-state index contributed by atoms with van der Waals surface area (Å²) < 4.78 is 0. The lowest BCUT2D eigenvalue weighted by atomic mass is 10.2. The van der Waals surface area contributed by atoms with E-state index in [1.165, 1.54) is 0 Å². The summed E-state index contributed by atoms with van der Waals surface area (Å²) in [6, 6.07) is 10.0. The van der Waals surface area contributed by atoms with Crippen molar-refractivity contribution >= 4 is 22.5 Å². The van der Waals surface area contributed by atoms with Gasteiger partial charge in [0.2, 0.25) is 0 Å². The molecule has 2 heteroatoms. The molecule has 0 amide bonds. The Bertz CT molecular complexity index is 354. The highest BCUT2D eigenvalue weighted by atomic mass is 32.2. The molecule has 1 nitrogen and oxygen atoms in total. The normalized spacial score (nSPS) is 21.8. The van der Waals surface area contributed by atoms with Crippen molar-refractivity contribution in [1.29, 1.82) is 0 Å². The fourth-order valence-corrected chi connectivity index (χ4v) is 2.30. The summed E-state index contributed by atoms with van der Waals surface area (Å²) in [5.41, 5.74) is 1.14. The Morgan fingerprint density at radius 1 is 1.23 bits per heavy atom. The molecule has 0 N–H and O–H groups in total. The molecule has 2 rings (SSSR count). The lowest BCUT2D eigenvalue weighted by molar-refractivity contribution is -0.113. The SMILES string of the molecule is CC1SC(c2ccccc2)=CC1=O. The molecule has 0 radical (unpaired) electrons. The third kappa shape index (κ3) is 1.68. The zero-order valence-corrected chi connectivity index (χ0v) is 8.17. The third-order valence-corrected chi connectivity index (χ3v) is 3.23. The van der Waals surface area contributed by atoms with Crippen LogP contribution >= 0.6 is 11.8 Å². The first-order valence-corrected chi connectivity index (χ1v) is 5.13. The maximum Gasteiger partial charge on any atom is 0.169 e. The van der Waals surface area contributed by atoms with Gasteiger partial charge in [0.25, 0.3) is 0 Å². The minimum Gasteiger partial charge on any atom is -0.294 e. The number of rotatable bonds is 1. The molecular weight excluding hydrogens is 180 g/mol. The Labute approximate surface area is 81.8 Å². The molecule has 1 aliphatic heterocycles. The van der Waals surface area contributed by atoms with E-state index in [2.05, 4.69) is 0 Å². The predicted molar refractivity (Wildman–Crippen MR) is 56.5 cm³/mol. The third-order valence-electron chi connectivity index (χ3n) is 2.04. The molecule has 13 heavy (non-hydrogen) atoms. The number of thioether (sulfide) groups is 1. The van der Waals surface area contributed by atoms with Gasteiger partial charge in [-0.05, 0) is 18.6 Å². The van der Waals surface area contributed by atoms with Gasteiger partial charge in [0.1, 0.15) is 0 Å². The van der Waals surface area contributed by atoms with E-state index in [0.29, 0.717) is 0 Å². The van der Waals surface area contributed by atoms with Crippen molar-refractivity contribution in [3.8, 4) is 0 Å². The number of allylic oxidation sites excluding steroid dienone is 1. The predicted octanol–water partition coefficient (Wildman–Crippen LogP) is 2.73. The summed E-state index contributed by atoms with van der Waals surface area (Å²) in [4.78, 5) is 12.4. The molecule has 0 fully saturated rings. The molecule has 0 spiro atoms. The maximum absolute atomic E-state index is 11.3. The Hall–Kier alpha value is -1.02. The van der Waals surface area contributed by atoms with Crippen LogP contribution < -0.4 is 0 Å². The zero-order chi connectivity index (χ0) is 9.26. The van der Waals surface area contributed by atoms with E-state index in [9.17, 15) is 4.79 Å². The molecule has 1 atom stereocenters. The molecule has 0 saturated carbocycles. The van der Waals surface area contributed by atoms with Crippen molar-refractivity contribution in [3.63, 3.8) is 0 Å². The minimum absolute atomic E-state index is 0.0928. The van der Waals surface area contributed by atoms with Gasteiger partial charge in [-0.2, -0.15) is 0 Å². The summed E-state index contributed by atoms with van der Waals surface area (Å²) in [5.74, 6) is 0.226. The number of carbonyl (C=O) groups excluding carboxylic acids is 1. The molecular formula is C11H10OS. The van der Waals surface area contributed by atoms with Crippen molar-refractivity contribution in [1.82, 2.24) is 0 Å². The second-order valence-corrected chi connectivity index (χ2v) is 4.42. The molecule has 0 bridgehead atoms. The van der Waals surface area contributed by atoms with Crippen LogP contribution in [0.5, 0.6) is 0 Å². The summed E-state index contributed by atoms with van der Waals surface area (Å²) >= 11 is 1.64. The van der Waals surface area contributed by atoms with Crippen molar-refractivity contribution in [2.75, 3.05) is 0 Å². The molecule has 0 saturated heterocycles. The first kappa shape index (κ1) is 8.57. The lowest BCUT2D eigenvalue weighted by Crippen LogP contribution is -2.02. The van der Waals surface area contributed by atoms with E-state index in [1.807, 2.05) is 37.3 Å². The molecule has 1 heterocycles. The van der Waals surface area contributed by atoms with Crippen molar-refractivity contribution in [2.45, 2.75) is 12.2 Å². The molecule has 1 unspecified atom stereocenters. The number of hydrogen-bond acceptors (Lipinski definition) is 2. The Morgan fingerprint density at radius 3 is 2.46 bits per heavy atom. The zero-order valence-electron chi connectivity index (χ0n) is 7.36. The van der Waals surface area contributed by atoms with Crippen LogP contribution in [0.1, 0.15) is 12.5 Å². The van der Waals surface area contributed by atoms with Gasteiger partial charge in [-0.15, -0.1) is 11.8 Å². The first-order valence-electron chi connectivity index (χ1n) is 4.25. The summed E-state index contributed by atoms with van der Waals surface area (Å²) in [6.45, 7) is 1.94. The number of ketones is 1. The van der Waals surface area contributed by atoms with E-state index in [1.54, 1.807) is 17.8 Å². The van der Waals surface area contributed by atoms with E-state index in [-0.39, 0.29) is 11.0 Å². The van der Waals surface area contributed by atoms with Crippen LogP contribution in [0.3, 0.4) is 0 Å². The highest BCUT2D eigenvalue weighted by molar-refractivity contribution is 8.10. The number of benzene rings is 1. The van der Waals surface area contributed by atoms with Crippen molar-refractivity contribution in [3.05, 3.63) is 42.0 Å². The Kier molecular flexibility index (Phi) is 2.23. The monoisotopic (exact) mass is 190 g/mol. The van der Waals surface area contributed by atoms with Crippen LogP contribution in [0.4, 0.5) is 0 Å². The second kappa shape index (κ2) is 3.38. The lowest BCUT2D eigenvalue weighted by Gasteiger charge is -2.01. The van der Waals surface area contributed by atoms with Gasteiger partial charge in [0, 0.05) is 4.91 Å².